The van der Waals surface area contributed by atoms with Crippen LogP contribution in [0.25, 0.3) is 10.8 Å². The van der Waals surface area contributed by atoms with Crippen LogP contribution in [-0.2, 0) is 6.42 Å². The lowest BCUT2D eigenvalue weighted by Gasteiger charge is -2.00. The Balaban J connectivity index is 1.75. The second kappa shape index (κ2) is 5.11. The fourth-order valence-electron chi connectivity index (χ4n) is 2.24. The molecule has 3 rings (SSSR count). The van der Waals surface area contributed by atoms with Crippen LogP contribution in [-0.4, -0.2) is 5.78 Å². The van der Waals surface area contributed by atoms with Gasteiger partial charge in [0, 0.05) is 29.2 Å². The van der Waals surface area contributed by atoms with E-state index in [1.165, 1.54) is 0 Å². The van der Waals surface area contributed by atoms with E-state index in [0.29, 0.717) is 12.8 Å². The molecule has 94 valence electrons. The maximum Gasteiger partial charge on any atom is 0.163 e. The molecule has 2 aromatic carbocycles. The van der Waals surface area contributed by atoms with Crippen molar-refractivity contribution in [3.63, 3.8) is 0 Å². The summed E-state index contributed by atoms with van der Waals surface area (Å²) in [5.41, 5.74) is 0.762. The summed E-state index contributed by atoms with van der Waals surface area (Å²) in [4.78, 5) is 12.0. The number of carbonyl (C=O) groups is 1. The molecular formula is C17H14O2. The average Bonchev–Trinajstić information content (AvgIpc) is 2.89. The number of aryl methyl sites for hydroxylation is 1. The maximum atomic E-state index is 12.0. The third-order valence-electron chi connectivity index (χ3n) is 3.26. The van der Waals surface area contributed by atoms with Crippen LogP contribution in [0.2, 0.25) is 0 Å². The van der Waals surface area contributed by atoms with Gasteiger partial charge in [0.15, 0.2) is 5.78 Å². The predicted molar refractivity (Wildman–Crippen MR) is 75.3 cm³/mol. The number of hydrogen-bond acceptors (Lipinski definition) is 2. The molecule has 0 saturated carbocycles. The van der Waals surface area contributed by atoms with Gasteiger partial charge in [0.2, 0.25) is 0 Å². The number of benzene rings is 2. The van der Waals surface area contributed by atoms with Gasteiger partial charge >= 0.3 is 0 Å². The van der Waals surface area contributed by atoms with Gasteiger partial charge in [-0.05, 0) is 0 Å². The Labute approximate surface area is 111 Å². The van der Waals surface area contributed by atoms with E-state index in [2.05, 4.69) is 0 Å². The second-order valence-electron chi connectivity index (χ2n) is 4.54. The van der Waals surface area contributed by atoms with E-state index in [4.69, 9.17) is 4.42 Å². The van der Waals surface area contributed by atoms with E-state index in [9.17, 15) is 4.79 Å². The lowest BCUT2D eigenvalue weighted by Crippen LogP contribution is -2.00. The molecule has 0 aliphatic heterocycles. The largest absolute Gasteiger partial charge is 0.468 e. The third-order valence-corrected chi connectivity index (χ3v) is 3.26. The van der Waals surface area contributed by atoms with Crippen LogP contribution in [0.5, 0.6) is 0 Å². The lowest BCUT2D eigenvalue weighted by molar-refractivity contribution is 0.0981. The van der Waals surface area contributed by atoms with Gasteiger partial charge in [-0.15, -0.1) is 0 Å². The van der Waals surface area contributed by atoms with E-state index in [-0.39, 0.29) is 5.78 Å². The van der Waals surface area contributed by atoms with Crippen LogP contribution in [0.15, 0.2) is 65.3 Å². The molecule has 0 atom stereocenters. The van der Waals surface area contributed by atoms with Crippen LogP contribution >= 0.6 is 0 Å². The molecule has 2 heteroatoms. The Morgan fingerprint density at radius 1 is 0.947 bits per heavy atom. The van der Waals surface area contributed by atoms with Gasteiger partial charge in [0.1, 0.15) is 5.76 Å². The van der Waals surface area contributed by atoms with E-state index in [1.54, 1.807) is 6.26 Å². The van der Waals surface area contributed by atoms with Crippen molar-refractivity contribution in [1.82, 2.24) is 0 Å². The average molecular weight is 250 g/mol. The molecule has 1 heterocycles. The maximum absolute atomic E-state index is 12.0. The molecule has 0 amide bonds. The molecule has 0 fully saturated rings. The normalized spacial score (nSPS) is 10.7. The van der Waals surface area contributed by atoms with Crippen LogP contribution in [0.1, 0.15) is 22.5 Å². The summed E-state index contributed by atoms with van der Waals surface area (Å²) in [6, 6.07) is 17.4. The highest BCUT2D eigenvalue weighted by molar-refractivity contribution is 5.96. The fraction of sp³-hybridized carbons (Fsp3) is 0.118. The highest BCUT2D eigenvalue weighted by atomic mass is 16.3. The predicted octanol–water partition coefficient (Wildman–Crippen LogP) is 4.25. The molecular weight excluding hydrogens is 236 g/mol. The van der Waals surface area contributed by atoms with Crippen molar-refractivity contribution in [3.05, 3.63) is 72.2 Å². The minimum absolute atomic E-state index is 0.154. The zero-order valence-corrected chi connectivity index (χ0v) is 10.5. The molecule has 0 N–H and O–H groups in total. The number of hydrogen-bond donors (Lipinski definition) is 0. The van der Waals surface area contributed by atoms with Crippen molar-refractivity contribution in [2.45, 2.75) is 12.8 Å². The van der Waals surface area contributed by atoms with Gasteiger partial charge in [0.05, 0.1) is 6.26 Å². The minimum atomic E-state index is 0.154. The van der Waals surface area contributed by atoms with Crippen molar-refractivity contribution in [3.8, 4) is 0 Å². The summed E-state index contributed by atoms with van der Waals surface area (Å²) in [6.45, 7) is 0. The quantitative estimate of drug-likeness (QED) is 0.648. The number of rotatable bonds is 4. The summed E-state index contributed by atoms with van der Waals surface area (Å²) in [6.07, 6.45) is 2.86. The van der Waals surface area contributed by atoms with E-state index >= 15 is 0 Å². The van der Waals surface area contributed by atoms with Gasteiger partial charge in [-0.2, -0.15) is 0 Å². The fourth-order valence-corrected chi connectivity index (χ4v) is 2.24. The molecule has 1 aromatic heterocycles. The SMILES string of the molecule is O=C(CCc1occ2ccccc12)c1ccccc1. The third kappa shape index (κ3) is 2.43. The summed E-state index contributed by atoms with van der Waals surface area (Å²) in [5.74, 6) is 1.04. The van der Waals surface area contributed by atoms with Crippen LogP contribution in [0, 0.1) is 0 Å². The number of furan rings is 1. The molecule has 0 unspecified atom stereocenters. The Morgan fingerprint density at radius 2 is 1.68 bits per heavy atom. The molecule has 0 bridgehead atoms. The van der Waals surface area contributed by atoms with Crippen LogP contribution in [0.4, 0.5) is 0 Å². The van der Waals surface area contributed by atoms with E-state index in [1.807, 2.05) is 54.6 Å². The zero-order valence-electron chi connectivity index (χ0n) is 10.5. The molecule has 19 heavy (non-hydrogen) atoms. The Bertz CT molecular complexity index is 695. The number of ketones is 1. The zero-order chi connectivity index (χ0) is 13.1. The molecule has 2 nitrogen and oxygen atoms in total. The molecule has 3 aromatic rings. The van der Waals surface area contributed by atoms with Crippen LogP contribution < -0.4 is 0 Å². The van der Waals surface area contributed by atoms with Gasteiger partial charge in [-0.1, -0.05) is 54.6 Å². The first kappa shape index (κ1) is 11.7. The topological polar surface area (TPSA) is 30.2 Å². The molecule has 0 radical (unpaired) electrons. The van der Waals surface area contributed by atoms with Gasteiger partial charge < -0.3 is 4.42 Å². The summed E-state index contributed by atoms with van der Waals surface area (Å²) < 4.78 is 5.55. The van der Waals surface area contributed by atoms with Gasteiger partial charge in [0.25, 0.3) is 0 Å². The van der Waals surface area contributed by atoms with Crippen molar-refractivity contribution in [2.24, 2.45) is 0 Å². The Hall–Kier alpha value is -2.35. The Morgan fingerprint density at radius 3 is 2.53 bits per heavy atom. The molecule has 0 spiro atoms. The number of carbonyl (C=O) groups excluding carboxylic acids is 1. The lowest BCUT2D eigenvalue weighted by atomic mass is 10.0. The minimum Gasteiger partial charge on any atom is -0.468 e. The van der Waals surface area contributed by atoms with Gasteiger partial charge in [-0.3, -0.25) is 4.79 Å². The second-order valence-corrected chi connectivity index (χ2v) is 4.54. The summed E-state index contributed by atoms with van der Waals surface area (Å²) in [7, 11) is 0. The smallest absolute Gasteiger partial charge is 0.163 e. The van der Waals surface area contributed by atoms with Crippen molar-refractivity contribution in [1.29, 1.82) is 0 Å². The van der Waals surface area contributed by atoms with Crippen LogP contribution in [0.3, 0.4) is 0 Å². The molecule has 0 aliphatic carbocycles. The number of Topliss-reactive ketones (excluding diaryl/α,β-unsaturated/α-hetero) is 1. The first-order valence-electron chi connectivity index (χ1n) is 6.38. The standard InChI is InChI=1S/C17H14O2/c18-16(13-6-2-1-3-7-13)10-11-17-15-9-5-4-8-14(15)12-19-17/h1-9,12H,10-11H2. The van der Waals surface area contributed by atoms with Crippen molar-refractivity contribution in [2.75, 3.05) is 0 Å². The monoisotopic (exact) mass is 250 g/mol. The number of fused-ring (bicyclic) bond motifs is 1. The van der Waals surface area contributed by atoms with E-state index in [0.717, 1.165) is 22.1 Å². The first-order chi connectivity index (χ1) is 9.34. The molecule has 0 saturated heterocycles. The molecule has 0 aliphatic rings. The highest BCUT2D eigenvalue weighted by Crippen LogP contribution is 2.22. The van der Waals surface area contributed by atoms with Crippen molar-refractivity contribution >= 4 is 16.6 Å². The van der Waals surface area contributed by atoms with Gasteiger partial charge in [-0.25, -0.2) is 0 Å². The summed E-state index contributed by atoms with van der Waals surface area (Å²) in [5, 5.41) is 2.19. The van der Waals surface area contributed by atoms with Crippen molar-refractivity contribution < 1.29 is 9.21 Å². The Kier molecular flexibility index (Phi) is 3.15. The van der Waals surface area contributed by atoms with E-state index < -0.39 is 0 Å². The summed E-state index contributed by atoms with van der Waals surface area (Å²) >= 11 is 0. The highest BCUT2D eigenvalue weighted by Gasteiger charge is 2.09. The first-order valence-corrected chi connectivity index (χ1v) is 6.38.